The van der Waals surface area contributed by atoms with Gasteiger partial charge in [-0.25, -0.2) is 0 Å². The lowest BCUT2D eigenvalue weighted by molar-refractivity contribution is 0.160. The molecule has 1 unspecified atom stereocenters. The molecule has 1 aliphatic carbocycles. The first-order chi connectivity index (χ1) is 19.0. The molecule has 1 fully saturated rings. The number of hydrogen-bond donors (Lipinski definition) is 1. The molecule has 1 N–H and O–H groups in total. The first-order valence-electron chi connectivity index (χ1n) is 14.7. The van der Waals surface area contributed by atoms with Crippen molar-refractivity contribution >= 4 is 5.69 Å². The molecule has 2 aliphatic rings. The molecule has 3 aromatic rings. The van der Waals surface area contributed by atoms with E-state index in [0.29, 0.717) is 11.7 Å². The molecular formula is C34H44N2O3. The summed E-state index contributed by atoms with van der Waals surface area (Å²) in [4.78, 5) is 4.98. The van der Waals surface area contributed by atoms with Gasteiger partial charge in [0.15, 0.2) is 0 Å². The Balaban J connectivity index is 1.25. The molecule has 0 spiro atoms. The highest BCUT2D eigenvalue weighted by Crippen LogP contribution is 2.40. The Morgan fingerprint density at radius 3 is 2.44 bits per heavy atom. The number of ether oxygens (including phenoxy) is 2. The van der Waals surface area contributed by atoms with Crippen molar-refractivity contribution in [2.24, 2.45) is 5.92 Å². The van der Waals surface area contributed by atoms with Gasteiger partial charge in [-0.2, -0.15) is 0 Å². The smallest absolute Gasteiger partial charge is 0.120 e. The van der Waals surface area contributed by atoms with Gasteiger partial charge in [-0.15, -0.1) is 0 Å². The Hall–Kier alpha value is -3.18. The number of hydrogen-bond acceptors (Lipinski definition) is 5. The van der Waals surface area contributed by atoms with E-state index in [1.807, 2.05) is 12.1 Å². The van der Waals surface area contributed by atoms with Crippen LogP contribution in [0.15, 0.2) is 60.7 Å². The summed E-state index contributed by atoms with van der Waals surface area (Å²) in [7, 11) is 1.74. The number of fused-ring (bicyclic) bond motifs is 1. The fourth-order valence-electron chi connectivity index (χ4n) is 6.13. The summed E-state index contributed by atoms with van der Waals surface area (Å²) in [5.74, 6) is 3.50. The number of piperidine rings is 1. The third kappa shape index (κ3) is 6.88. The van der Waals surface area contributed by atoms with E-state index in [2.05, 4.69) is 72.2 Å². The minimum absolute atomic E-state index is 0.363. The highest BCUT2D eigenvalue weighted by Gasteiger charge is 2.25. The van der Waals surface area contributed by atoms with Crippen LogP contribution in [0.3, 0.4) is 0 Å². The number of aryl methyl sites for hydroxylation is 1. The first kappa shape index (κ1) is 27.4. The van der Waals surface area contributed by atoms with Crippen LogP contribution in [0.2, 0.25) is 0 Å². The zero-order valence-electron chi connectivity index (χ0n) is 23.9. The second-order valence-electron chi connectivity index (χ2n) is 11.3. The number of benzene rings is 3. The maximum Gasteiger partial charge on any atom is 0.120 e. The molecule has 1 saturated heterocycles. The lowest BCUT2D eigenvalue weighted by Gasteiger charge is -2.32. The van der Waals surface area contributed by atoms with Gasteiger partial charge in [-0.3, -0.25) is 4.90 Å². The number of phenolic OH excluding ortho intramolecular Hbond substituents is 1. The van der Waals surface area contributed by atoms with Crippen molar-refractivity contribution < 1.29 is 14.6 Å². The van der Waals surface area contributed by atoms with Crippen LogP contribution in [0.4, 0.5) is 5.69 Å². The monoisotopic (exact) mass is 528 g/mol. The van der Waals surface area contributed by atoms with Crippen molar-refractivity contribution in [3.63, 3.8) is 0 Å². The Morgan fingerprint density at radius 1 is 0.923 bits per heavy atom. The van der Waals surface area contributed by atoms with Crippen molar-refractivity contribution in [2.45, 2.75) is 58.4 Å². The fourth-order valence-corrected chi connectivity index (χ4v) is 6.13. The summed E-state index contributed by atoms with van der Waals surface area (Å²) in [5.41, 5.74) is 6.52. The topological polar surface area (TPSA) is 45.2 Å². The summed E-state index contributed by atoms with van der Waals surface area (Å²) in [5, 5.41) is 9.91. The molecule has 0 amide bonds. The SMILES string of the molecule is CCN(Cc1ccc(OCCN2CCC(C)CC2)cc1)c1cc(OC)ccc1C1CCc2cc(O)ccc2C1. The van der Waals surface area contributed by atoms with E-state index in [0.717, 1.165) is 62.9 Å². The lowest BCUT2D eigenvalue weighted by Crippen LogP contribution is -2.35. The quantitative estimate of drug-likeness (QED) is 0.313. The van der Waals surface area contributed by atoms with E-state index >= 15 is 0 Å². The molecule has 0 bridgehead atoms. The molecule has 39 heavy (non-hydrogen) atoms. The zero-order chi connectivity index (χ0) is 27.2. The van der Waals surface area contributed by atoms with Crippen LogP contribution in [0.5, 0.6) is 17.2 Å². The normalized spacial score (nSPS) is 18.0. The van der Waals surface area contributed by atoms with Gasteiger partial charge in [0.05, 0.1) is 7.11 Å². The third-order valence-corrected chi connectivity index (χ3v) is 8.67. The van der Waals surface area contributed by atoms with E-state index in [4.69, 9.17) is 9.47 Å². The number of phenols is 1. The lowest BCUT2D eigenvalue weighted by atomic mass is 9.79. The van der Waals surface area contributed by atoms with E-state index in [-0.39, 0.29) is 0 Å². The number of aromatic hydroxyl groups is 1. The summed E-state index contributed by atoms with van der Waals surface area (Å²) in [6, 6.07) is 21.0. The molecule has 0 radical (unpaired) electrons. The second kappa shape index (κ2) is 12.8. The largest absolute Gasteiger partial charge is 0.508 e. The molecule has 208 valence electrons. The highest BCUT2D eigenvalue weighted by molar-refractivity contribution is 5.60. The van der Waals surface area contributed by atoms with Gasteiger partial charge in [0.25, 0.3) is 0 Å². The third-order valence-electron chi connectivity index (χ3n) is 8.67. The van der Waals surface area contributed by atoms with Gasteiger partial charge in [-0.05, 0) is 117 Å². The van der Waals surface area contributed by atoms with Gasteiger partial charge in [-0.1, -0.05) is 31.2 Å². The van der Waals surface area contributed by atoms with Crippen LogP contribution in [0.25, 0.3) is 0 Å². The Kier molecular flexibility index (Phi) is 8.98. The molecule has 1 atom stereocenters. The van der Waals surface area contributed by atoms with Gasteiger partial charge >= 0.3 is 0 Å². The second-order valence-corrected chi connectivity index (χ2v) is 11.3. The average Bonchev–Trinajstić information content (AvgIpc) is 2.97. The van der Waals surface area contributed by atoms with Crippen LogP contribution >= 0.6 is 0 Å². The molecule has 3 aromatic carbocycles. The van der Waals surface area contributed by atoms with Gasteiger partial charge in [0, 0.05) is 31.4 Å². The van der Waals surface area contributed by atoms with Crippen LogP contribution in [-0.2, 0) is 19.4 Å². The zero-order valence-corrected chi connectivity index (χ0v) is 23.9. The van der Waals surface area contributed by atoms with E-state index in [1.165, 1.54) is 53.9 Å². The molecular weight excluding hydrogens is 484 g/mol. The Morgan fingerprint density at radius 2 is 1.69 bits per heavy atom. The van der Waals surface area contributed by atoms with Crippen molar-refractivity contribution in [3.8, 4) is 17.2 Å². The minimum atomic E-state index is 0.363. The molecule has 1 aliphatic heterocycles. The molecule has 5 heteroatoms. The first-order valence-corrected chi connectivity index (χ1v) is 14.7. The predicted octanol–water partition coefficient (Wildman–Crippen LogP) is 6.81. The standard InChI is InChI=1S/C34H44N2O3/c1-4-36(24-26-5-11-31(12-6-26)39-20-19-35-17-15-25(2)16-18-35)34-23-32(38-3)13-14-33(34)29-8-7-28-22-30(37)10-9-27(28)21-29/h5-6,9-14,22-23,25,29,37H,4,7-8,15-21,24H2,1-3H3. The Labute approximate surface area is 234 Å². The molecule has 1 heterocycles. The number of methoxy groups -OCH3 is 1. The van der Waals surface area contributed by atoms with E-state index < -0.39 is 0 Å². The van der Waals surface area contributed by atoms with E-state index in [1.54, 1.807) is 7.11 Å². The number of nitrogens with zero attached hydrogens (tertiary/aromatic N) is 2. The van der Waals surface area contributed by atoms with Crippen molar-refractivity contribution in [3.05, 3.63) is 82.9 Å². The summed E-state index contributed by atoms with van der Waals surface area (Å²) >= 11 is 0. The minimum Gasteiger partial charge on any atom is -0.508 e. The average molecular weight is 529 g/mol. The fraction of sp³-hybridized carbons (Fsp3) is 0.471. The summed E-state index contributed by atoms with van der Waals surface area (Å²) in [6.45, 7) is 10.5. The number of likely N-dealkylation sites (tertiary alicyclic amines) is 1. The van der Waals surface area contributed by atoms with Crippen LogP contribution < -0.4 is 14.4 Å². The Bertz CT molecular complexity index is 1220. The van der Waals surface area contributed by atoms with Gasteiger partial charge in [0.1, 0.15) is 23.9 Å². The number of anilines is 1. The van der Waals surface area contributed by atoms with E-state index in [9.17, 15) is 5.11 Å². The number of rotatable bonds is 10. The van der Waals surface area contributed by atoms with Crippen LogP contribution in [0.1, 0.15) is 61.3 Å². The van der Waals surface area contributed by atoms with Crippen LogP contribution in [0, 0.1) is 5.92 Å². The molecule has 5 rings (SSSR count). The molecule has 0 saturated carbocycles. The predicted molar refractivity (Wildman–Crippen MR) is 159 cm³/mol. The van der Waals surface area contributed by atoms with Gasteiger partial charge in [0.2, 0.25) is 0 Å². The van der Waals surface area contributed by atoms with Gasteiger partial charge < -0.3 is 19.5 Å². The maximum absolute atomic E-state index is 9.91. The van der Waals surface area contributed by atoms with Crippen molar-refractivity contribution in [1.29, 1.82) is 0 Å². The maximum atomic E-state index is 9.91. The molecule has 5 nitrogen and oxygen atoms in total. The molecule has 0 aromatic heterocycles. The van der Waals surface area contributed by atoms with Crippen LogP contribution in [-0.4, -0.2) is 49.9 Å². The van der Waals surface area contributed by atoms with Crippen molar-refractivity contribution in [1.82, 2.24) is 4.90 Å². The summed E-state index contributed by atoms with van der Waals surface area (Å²) < 4.78 is 11.7. The highest BCUT2D eigenvalue weighted by atomic mass is 16.5. The van der Waals surface area contributed by atoms with Crippen molar-refractivity contribution in [2.75, 3.05) is 44.8 Å². The summed E-state index contributed by atoms with van der Waals surface area (Å²) in [6.07, 6.45) is 5.67.